The van der Waals surface area contributed by atoms with Gasteiger partial charge in [-0.3, -0.25) is 0 Å². The number of nitrogens with one attached hydrogen (secondary N) is 1. The van der Waals surface area contributed by atoms with Gasteiger partial charge in [0.15, 0.2) is 0 Å². The van der Waals surface area contributed by atoms with Crippen LogP contribution in [0.5, 0.6) is 0 Å². The van der Waals surface area contributed by atoms with E-state index in [0.717, 1.165) is 6.07 Å². The molecule has 5 heteroatoms. The lowest BCUT2D eigenvalue weighted by atomic mass is 10.2. The van der Waals surface area contributed by atoms with Crippen LogP contribution in [0, 0.1) is 0 Å². The van der Waals surface area contributed by atoms with Crippen molar-refractivity contribution in [1.82, 2.24) is 9.97 Å². The largest absolute Gasteiger partial charge is 0.433 e. The molecule has 0 atom stereocenters. The van der Waals surface area contributed by atoms with E-state index in [-0.39, 0.29) is 0 Å². The first-order chi connectivity index (χ1) is 7.07. The molecule has 2 nitrogen and oxygen atoms in total. The Bertz CT molecular complexity index is 446. The van der Waals surface area contributed by atoms with Gasteiger partial charge < -0.3 is 4.98 Å². The van der Waals surface area contributed by atoms with Crippen molar-refractivity contribution in [3.63, 3.8) is 0 Å². The van der Waals surface area contributed by atoms with Crippen molar-refractivity contribution in [3.8, 4) is 11.3 Å². The predicted molar refractivity (Wildman–Crippen MR) is 49.0 cm³/mol. The van der Waals surface area contributed by atoms with Gasteiger partial charge in [-0.1, -0.05) is 6.07 Å². The predicted octanol–water partition coefficient (Wildman–Crippen LogP) is 3.10. The number of aromatic nitrogens is 2. The number of H-pyrrole nitrogens is 1. The van der Waals surface area contributed by atoms with Crippen molar-refractivity contribution in [2.45, 2.75) is 6.18 Å². The third-order valence-corrected chi connectivity index (χ3v) is 1.93. The molecule has 0 aliphatic heterocycles. The van der Waals surface area contributed by atoms with Gasteiger partial charge in [0.05, 0.1) is 5.69 Å². The summed E-state index contributed by atoms with van der Waals surface area (Å²) in [7, 11) is 0. The second-order valence-corrected chi connectivity index (χ2v) is 3.01. The Kier molecular flexibility index (Phi) is 2.22. The van der Waals surface area contributed by atoms with Crippen LogP contribution in [0.1, 0.15) is 5.69 Å². The quantitative estimate of drug-likeness (QED) is 0.773. The Hall–Kier alpha value is -1.78. The first-order valence-corrected chi connectivity index (χ1v) is 4.25. The smallest absolute Gasteiger partial charge is 0.367 e. The average molecular weight is 212 g/mol. The number of rotatable bonds is 1. The lowest BCUT2D eigenvalue weighted by molar-refractivity contribution is -0.141. The number of hydrogen-bond acceptors (Lipinski definition) is 1. The Labute approximate surface area is 83.8 Å². The molecule has 0 fully saturated rings. The maximum atomic E-state index is 12.3. The SMILES string of the molecule is FC(F)(F)c1cccc(-c2cc[nH]c2)n1. The average Bonchev–Trinajstić information content (AvgIpc) is 2.69. The van der Waals surface area contributed by atoms with E-state index in [2.05, 4.69) is 9.97 Å². The zero-order valence-corrected chi connectivity index (χ0v) is 7.55. The summed E-state index contributed by atoms with van der Waals surface area (Å²) in [5.41, 5.74) is 0.0772. The molecule has 0 amide bonds. The van der Waals surface area contributed by atoms with Gasteiger partial charge in [-0.15, -0.1) is 0 Å². The highest BCUT2D eigenvalue weighted by atomic mass is 19.4. The Morgan fingerprint density at radius 2 is 1.93 bits per heavy atom. The topological polar surface area (TPSA) is 28.7 Å². The molecule has 78 valence electrons. The Balaban J connectivity index is 2.44. The van der Waals surface area contributed by atoms with Gasteiger partial charge in [-0.05, 0) is 18.2 Å². The molecular formula is C10H7F3N2. The monoisotopic (exact) mass is 212 g/mol. The van der Waals surface area contributed by atoms with E-state index in [4.69, 9.17) is 0 Å². The van der Waals surface area contributed by atoms with E-state index in [9.17, 15) is 13.2 Å². The van der Waals surface area contributed by atoms with Crippen LogP contribution in [0.3, 0.4) is 0 Å². The second-order valence-electron chi connectivity index (χ2n) is 3.01. The number of alkyl halides is 3. The van der Waals surface area contributed by atoms with E-state index in [0.29, 0.717) is 11.3 Å². The lowest BCUT2D eigenvalue weighted by Crippen LogP contribution is -2.07. The molecule has 2 rings (SSSR count). The van der Waals surface area contributed by atoms with Crippen LogP contribution >= 0.6 is 0 Å². The molecule has 0 unspecified atom stereocenters. The Morgan fingerprint density at radius 3 is 2.53 bits per heavy atom. The molecule has 2 aromatic heterocycles. The zero-order chi connectivity index (χ0) is 10.9. The van der Waals surface area contributed by atoms with Crippen LogP contribution in [0.4, 0.5) is 13.2 Å². The highest BCUT2D eigenvalue weighted by molar-refractivity contribution is 5.57. The third kappa shape index (κ3) is 2.01. The molecule has 2 aromatic rings. The fourth-order valence-electron chi connectivity index (χ4n) is 1.24. The summed E-state index contributed by atoms with van der Waals surface area (Å²) < 4.78 is 37.0. The first-order valence-electron chi connectivity index (χ1n) is 4.25. The number of halogens is 3. The van der Waals surface area contributed by atoms with Crippen molar-refractivity contribution >= 4 is 0 Å². The zero-order valence-electron chi connectivity index (χ0n) is 7.55. The van der Waals surface area contributed by atoms with Crippen LogP contribution in [-0.2, 0) is 6.18 Å². The molecule has 0 radical (unpaired) electrons. The standard InChI is InChI=1S/C10H7F3N2/c11-10(12,13)9-3-1-2-8(15-9)7-4-5-14-6-7/h1-6,14H. The van der Waals surface area contributed by atoms with Crippen LogP contribution in [0.15, 0.2) is 36.7 Å². The molecular weight excluding hydrogens is 205 g/mol. The van der Waals surface area contributed by atoms with E-state index < -0.39 is 11.9 Å². The van der Waals surface area contributed by atoms with Crippen molar-refractivity contribution < 1.29 is 13.2 Å². The fraction of sp³-hybridized carbons (Fsp3) is 0.100. The van der Waals surface area contributed by atoms with Gasteiger partial charge in [0.25, 0.3) is 0 Å². The first kappa shape index (κ1) is 9.76. The van der Waals surface area contributed by atoms with Crippen LogP contribution in [0.2, 0.25) is 0 Å². The van der Waals surface area contributed by atoms with E-state index >= 15 is 0 Å². The van der Waals surface area contributed by atoms with E-state index in [1.54, 1.807) is 24.5 Å². The van der Waals surface area contributed by atoms with Gasteiger partial charge in [0, 0.05) is 18.0 Å². The van der Waals surface area contributed by atoms with Crippen molar-refractivity contribution in [2.75, 3.05) is 0 Å². The second kappa shape index (κ2) is 3.42. The Morgan fingerprint density at radius 1 is 1.13 bits per heavy atom. The molecule has 0 bridgehead atoms. The van der Waals surface area contributed by atoms with E-state index in [1.807, 2.05) is 0 Å². The summed E-state index contributed by atoms with van der Waals surface area (Å²) in [6, 6.07) is 5.51. The summed E-state index contributed by atoms with van der Waals surface area (Å²) in [6.07, 6.45) is -1.16. The highest BCUT2D eigenvalue weighted by Gasteiger charge is 2.32. The van der Waals surface area contributed by atoms with Gasteiger partial charge in [0.1, 0.15) is 5.69 Å². The van der Waals surface area contributed by atoms with Crippen molar-refractivity contribution in [3.05, 3.63) is 42.4 Å². The summed E-state index contributed by atoms with van der Waals surface area (Å²) in [6.45, 7) is 0. The maximum absolute atomic E-state index is 12.3. The number of hydrogen-bond donors (Lipinski definition) is 1. The van der Waals surface area contributed by atoms with Gasteiger partial charge >= 0.3 is 6.18 Å². The minimum atomic E-state index is -4.40. The number of aromatic amines is 1. The molecule has 0 aliphatic rings. The maximum Gasteiger partial charge on any atom is 0.433 e. The molecule has 1 N–H and O–H groups in total. The molecule has 0 saturated heterocycles. The normalized spacial score (nSPS) is 11.7. The van der Waals surface area contributed by atoms with Crippen molar-refractivity contribution in [1.29, 1.82) is 0 Å². The summed E-state index contributed by atoms with van der Waals surface area (Å²) >= 11 is 0. The summed E-state index contributed by atoms with van der Waals surface area (Å²) in [4.78, 5) is 6.31. The minimum Gasteiger partial charge on any atom is -0.367 e. The molecule has 0 spiro atoms. The van der Waals surface area contributed by atoms with E-state index in [1.165, 1.54) is 6.07 Å². The number of nitrogens with zero attached hydrogens (tertiary/aromatic N) is 1. The van der Waals surface area contributed by atoms with Gasteiger partial charge in [0.2, 0.25) is 0 Å². The molecule has 15 heavy (non-hydrogen) atoms. The van der Waals surface area contributed by atoms with Gasteiger partial charge in [-0.2, -0.15) is 13.2 Å². The fourth-order valence-corrected chi connectivity index (χ4v) is 1.24. The lowest BCUT2D eigenvalue weighted by Gasteiger charge is -2.06. The third-order valence-electron chi connectivity index (χ3n) is 1.93. The van der Waals surface area contributed by atoms with Crippen molar-refractivity contribution in [2.24, 2.45) is 0 Å². The minimum absolute atomic E-state index is 0.311. The molecule has 2 heterocycles. The van der Waals surface area contributed by atoms with Crippen LogP contribution in [0.25, 0.3) is 11.3 Å². The van der Waals surface area contributed by atoms with Gasteiger partial charge in [-0.25, -0.2) is 4.98 Å². The van der Waals surface area contributed by atoms with Crippen LogP contribution in [-0.4, -0.2) is 9.97 Å². The van der Waals surface area contributed by atoms with Crippen LogP contribution < -0.4 is 0 Å². The highest BCUT2D eigenvalue weighted by Crippen LogP contribution is 2.29. The summed E-state index contributed by atoms with van der Waals surface area (Å²) in [5, 5.41) is 0. The number of pyridine rings is 1. The molecule has 0 aliphatic carbocycles. The molecule has 0 saturated carbocycles. The summed E-state index contributed by atoms with van der Waals surface area (Å²) in [5.74, 6) is 0. The molecule has 0 aromatic carbocycles.